The molecule has 2 heterocycles. The lowest BCUT2D eigenvalue weighted by Crippen LogP contribution is -2.09. The van der Waals surface area contributed by atoms with Crippen molar-refractivity contribution < 1.29 is 8.83 Å². The van der Waals surface area contributed by atoms with E-state index < -0.39 is 0 Å². The molecule has 0 aliphatic rings. The van der Waals surface area contributed by atoms with E-state index in [1.165, 1.54) is 21.9 Å². The largest absolute Gasteiger partial charge is 0.456 e. The summed E-state index contributed by atoms with van der Waals surface area (Å²) < 4.78 is 12.7. The molecule has 9 rings (SSSR count). The Morgan fingerprint density at radius 1 is 0.326 bits per heavy atom. The third kappa shape index (κ3) is 3.75. The van der Waals surface area contributed by atoms with E-state index in [1.54, 1.807) is 0 Å². The summed E-state index contributed by atoms with van der Waals surface area (Å²) in [6, 6.07) is 53.0. The van der Waals surface area contributed by atoms with Gasteiger partial charge in [0.1, 0.15) is 22.3 Å². The van der Waals surface area contributed by atoms with Crippen LogP contribution in [0.25, 0.3) is 65.8 Å². The highest BCUT2D eigenvalue weighted by molar-refractivity contribution is 6.27. The molecule has 0 amide bonds. The molecule has 0 spiro atoms. The Labute approximate surface area is 247 Å². The average Bonchev–Trinajstić information content (AvgIpc) is 3.64. The van der Waals surface area contributed by atoms with Gasteiger partial charge in [-0.3, -0.25) is 0 Å². The molecular formula is C40H25NO2. The predicted octanol–water partition coefficient (Wildman–Crippen LogP) is 11.8. The normalized spacial score (nSPS) is 11.7. The summed E-state index contributed by atoms with van der Waals surface area (Å²) in [6.07, 6.45) is 0. The molecule has 9 aromatic rings. The van der Waals surface area contributed by atoms with E-state index in [-0.39, 0.29) is 0 Å². The number of benzene rings is 7. The second-order valence-corrected chi connectivity index (χ2v) is 10.9. The van der Waals surface area contributed by atoms with Gasteiger partial charge in [-0.1, -0.05) is 78.9 Å². The zero-order chi connectivity index (χ0) is 28.3. The molecule has 0 aliphatic carbocycles. The predicted molar refractivity (Wildman–Crippen MR) is 179 cm³/mol. The Morgan fingerprint density at radius 3 is 1.65 bits per heavy atom. The lowest BCUT2D eigenvalue weighted by molar-refractivity contribution is 0.668. The van der Waals surface area contributed by atoms with Crippen molar-refractivity contribution in [2.45, 2.75) is 0 Å². The maximum absolute atomic E-state index is 6.55. The number of para-hydroxylation sites is 2. The van der Waals surface area contributed by atoms with Crippen LogP contribution >= 0.6 is 0 Å². The van der Waals surface area contributed by atoms with E-state index in [4.69, 9.17) is 8.83 Å². The van der Waals surface area contributed by atoms with Gasteiger partial charge in [-0.2, -0.15) is 0 Å². The molecular weight excluding hydrogens is 526 g/mol. The van der Waals surface area contributed by atoms with Crippen LogP contribution in [0.1, 0.15) is 0 Å². The maximum Gasteiger partial charge on any atom is 0.137 e. The molecule has 43 heavy (non-hydrogen) atoms. The van der Waals surface area contributed by atoms with Crippen molar-refractivity contribution in [2.75, 3.05) is 4.90 Å². The first-order valence-electron chi connectivity index (χ1n) is 14.5. The zero-order valence-corrected chi connectivity index (χ0v) is 23.2. The second-order valence-electron chi connectivity index (χ2n) is 10.9. The first-order valence-corrected chi connectivity index (χ1v) is 14.5. The molecule has 0 atom stereocenters. The van der Waals surface area contributed by atoms with Gasteiger partial charge in [-0.15, -0.1) is 0 Å². The fraction of sp³-hybridized carbons (Fsp3) is 0. The molecule has 0 radical (unpaired) electrons. The Hall–Kier alpha value is -5.80. The zero-order valence-electron chi connectivity index (χ0n) is 23.2. The Kier molecular flexibility index (Phi) is 5.20. The molecule has 0 fully saturated rings. The molecule has 2 aromatic heterocycles. The van der Waals surface area contributed by atoms with E-state index in [2.05, 4.69) is 144 Å². The van der Waals surface area contributed by atoms with Gasteiger partial charge in [0.05, 0.1) is 0 Å². The van der Waals surface area contributed by atoms with Crippen LogP contribution in [0.5, 0.6) is 0 Å². The molecule has 0 unspecified atom stereocenters. The quantitative estimate of drug-likeness (QED) is 0.218. The van der Waals surface area contributed by atoms with Crippen molar-refractivity contribution in [1.82, 2.24) is 0 Å². The van der Waals surface area contributed by atoms with Gasteiger partial charge in [-0.05, 0) is 88.6 Å². The first kappa shape index (κ1) is 23.9. The van der Waals surface area contributed by atoms with E-state index in [0.29, 0.717) is 0 Å². The van der Waals surface area contributed by atoms with Crippen molar-refractivity contribution in [3.8, 4) is 11.1 Å². The standard InChI is InChI=1S/C40H25NO2/c1-3-10-26(11-4-1)27-12-9-15-29(24-27)41(28-13-5-2-6-14-28)30-18-19-34-38(25-30)43-37-23-21-31-32(40(34)37)20-22-36-39(31)33-16-7-8-17-35(33)42-36/h1-25H. The van der Waals surface area contributed by atoms with Gasteiger partial charge in [0, 0.05) is 44.7 Å². The van der Waals surface area contributed by atoms with E-state index in [0.717, 1.165) is 60.9 Å². The van der Waals surface area contributed by atoms with Crippen LogP contribution in [-0.2, 0) is 0 Å². The third-order valence-electron chi connectivity index (χ3n) is 8.44. The summed E-state index contributed by atoms with van der Waals surface area (Å²) in [4.78, 5) is 2.29. The Balaban J connectivity index is 1.24. The van der Waals surface area contributed by atoms with Gasteiger partial charge < -0.3 is 13.7 Å². The topological polar surface area (TPSA) is 29.5 Å². The second kappa shape index (κ2) is 9.37. The molecule has 3 nitrogen and oxygen atoms in total. The number of nitrogens with zero attached hydrogens (tertiary/aromatic N) is 1. The number of hydrogen-bond donors (Lipinski definition) is 0. The average molecular weight is 552 g/mol. The van der Waals surface area contributed by atoms with Crippen LogP contribution in [-0.4, -0.2) is 0 Å². The highest BCUT2D eigenvalue weighted by Crippen LogP contribution is 2.43. The van der Waals surface area contributed by atoms with Crippen molar-refractivity contribution in [3.05, 3.63) is 152 Å². The summed E-state index contributed by atoms with van der Waals surface area (Å²) in [5.41, 5.74) is 9.12. The molecule has 0 saturated heterocycles. The number of fused-ring (bicyclic) bond motifs is 9. The highest BCUT2D eigenvalue weighted by atomic mass is 16.3. The van der Waals surface area contributed by atoms with Crippen LogP contribution in [0, 0.1) is 0 Å². The van der Waals surface area contributed by atoms with Crippen molar-refractivity contribution in [3.63, 3.8) is 0 Å². The van der Waals surface area contributed by atoms with Gasteiger partial charge >= 0.3 is 0 Å². The van der Waals surface area contributed by atoms with E-state index in [9.17, 15) is 0 Å². The Bertz CT molecular complexity index is 2450. The highest BCUT2D eigenvalue weighted by Gasteiger charge is 2.18. The molecule has 0 N–H and O–H groups in total. The number of hydrogen-bond acceptors (Lipinski definition) is 3. The monoisotopic (exact) mass is 551 g/mol. The van der Waals surface area contributed by atoms with Crippen LogP contribution in [0.4, 0.5) is 17.1 Å². The van der Waals surface area contributed by atoms with Crippen molar-refractivity contribution in [2.24, 2.45) is 0 Å². The lowest BCUT2D eigenvalue weighted by Gasteiger charge is -2.26. The molecule has 7 aromatic carbocycles. The minimum absolute atomic E-state index is 0.859. The van der Waals surface area contributed by atoms with Gasteiger partial charge in [-0.25, -0.2) is 0 Å². The number of rotatable bonds is 4. The van der Waals surface area contributed by atoms with Crippen LogP contribution in [0.2, 0.25) is 0 Å². The summed E-state index contributed by atoms with van der Waals surface area (Å²) in [6.45, 7) is 0. The van der Waals surface area contributed by atoms with E-state index >= 15 is 0 Å². The molecule has 0 saturated carbocycles. The number of furan rings is 2. The summed E-state index contributed by atoms with van der Waals surface area (Å²) in [5, 5.41) is 6.85. The fourth-order valence-corrected chi connectivity index (χ4v) is 6.51. The maximum atomic E-state index is 6.55. The van der Waals surface area contributed by atoms with Crippen LogP contribution < -0.4 is 4.90 Å². The summed E-state index contributed by atoms with van der Waals surface area (Å²) in [5.74, 6) is 0. The van der Waals surface area contributed by atoms with E-state index in [1.807, 2.05) is 12.1 Å². The Morgan fingerprint density at radius 2 is 0.884 bits per heavy atom. The first-order chi connectivity index (χ1) is 21.3. The molecule has 202 valence electrons. The van der Waals surface area contributed by atoms with Crippen molar-refractivity contribution >= 4 is 71.7 Å². The SMILES string of the molecule is c1ccc(-c2cccc(N(c3ccccc3)c3ccc4c(c3)oc3ccc5c(ccc6oc7ccccc7c65)c34)c2)cc1. The van der Waals surface area contributed by atoms with Crippen LogP contribution in [0.3, 0.4) is 0 Å². The molecule has 0 aliphatic heterocycles. The van der Waals surface area contributed by atoms with Gasteiger partial charge in [0.15, 0.2) is 0 Å². The third-order valence-corrected chi connectivity index (χ3v) is 8.44. The molecule has 3 heteroatoms. The minimum atomic E-state index is 0.859. The smallest absolute Gasteiger partial charge is 0.137 e. The lowest BCUT2D eigenvalue weighted by atomic mass is 9.99. The minimum Gasteiger partial charge on any atom is -0.456 e. The summed E-state index contributed by atoms with van der Waals surface area (Å²) >= 11 is 0. The fourth-order valence-electron chi connectivity index (χ4n) is 6.51. The van der Waals surface area contributed by atoms with Crippen LogP contribution in [0.15, 0.2) is 160 Å². The van der Waals surface area contributed by atoms with Crippen molar-refractivity contribution in [1.29, 1.82) is 0 Å². The molecule has 0 bridgehead atoms. The van der Waals surface area contributed by atoms with Gasteiger partial charge in [0.2, 0.25) is 0 Å². The summed E-state index contributed by atoms with van der Waals surface area (Å²) in [7, 11) is 0. The number of anilines is 3. The van der Waals surface area contributed by atoms with Gasteiger partial charge in [0.25, 0.3) is 0 Å².